The molecule has 0 aliphatic carbocycles. The molecule has 0 bridgehead atoms. The molecule has 1 saturated heterocycles. The lowest BCUT2D eigenvalue weighted by Gasteiger charge is -2.35. The second-order valence-electron chi connectivity index (χ2n) is 6.30. The molecule has 0 spiro atoms. The lowest BCUT2D eigenvalue weighted by atomic mass is 10.2. The number of carbonyl (C=O) groups excluding carboxylic acids is 1. The second kappa shape index (κ2) is 6.95. The molecule has 1 fully saturated rings. The van der Waals surface area contributed by atoms with Crippen molar-refractivity contribution < 1.29 is 4.79 Å². The van der Waals surface area contributed by atoms with Gasteiger partial charge in [-0.25, -0.2) is 9.78 Å². The highest BCUT2D eigenvalue weighted by atomic mass is 16.2. The predicted octanol–water partition coefficient (Wildman–Crippen LogP) is 2.69. The van der Waals surface area contributed by atoms with Gasteiger partial charge in [-0.1, -0.05) is 18.2 Å². The number of aromatic nitrogens is 3. The average Bonchev–Trinajstić information content (AvgIpc) is 2.69. The van der Waals surface area contributed by atoms with Gasteiger partial charge in [-0.05, 0) is 19.1 Å². The molecule has 0 radical (unpaired) electrons. The van der Waals surface area contributed by atoms with Crippen LogP contribution < -0.4 is 10.2 Å². The van der Waals surface area contributed by atoms with E-state index >= 15 is 0 Å². The Hall–Kier alpha value is -3.22. The quantitative estimate of drug-likeness (QED) is 0.771. The fourth-order valence-corrected chi connectivity index (χ4v) is 3.13. The van der Waals surface area contributed by atoms with Gasteiger partial charge in [-0.3, -0.25) is 9.97 Å². The van der Waals surface area contributed by atoms with Crippen molar-refractivity contribution in [3.63, 3.8) is 0 Å². The van der Waals surface area contributed by atoms with E-state index in [1.54, 1.807) is 18.6 Å². The van der Waals surface area contributed by atoms with Crippen LogP contribution in [0.3, 0.4) is 0 Å². The van der Waals surface area contributed by atoms with Crippen LogP contribution in [0.25, 0.3) is 10.9 Å². The van der Waals surface area contributed by atoms with Crippen LogP contribution in [-0.2, 0) is 0 Å². The lowest BCUT2D eigenvalue weighted by molar-refractivity contribution is 0.208. The largest absolute Gasteiger partial charge is 0.352 e. The van der Waals surface area contributed by atoms with E-state index in [4.69, 9.17) is 0 Å². The van der Waals surface area contributed by atoms with E-state index in [9.17, 15) is 4.79 Å². The van der Waals surface area contributed by atoms with Crippen molar-refractivity contribution in [2.75, 3.05) is 36.4 Å². The maximum absolute atomic E-state index is 12.7. The highest BCUT2D eigenvalue weighted by Crippen LogP contribution is 2.22. The highest BCUT2D eigenvalue weighted by Gasteiger charge is 2.22. The van der Waals surface area contributed by atoms with Crippen molar-refractivity contribution in [2.45, 2.75) is 6.92 Å². The van der Waals surface area contributed by atoms with Crippen LogP contribution in [0.4, 0.5) is 16.3 Å². The van der Waals surface area contributed by atoms with Gasteiger partial charge in [0.1, 0.15) is 5.82 Å². The van der Waals surface area contributed by atoms with Crippen LogP contribution in [0.2, 0.25) is 0 Å². The minimum Gasteiger partial charge on any atom is -0.352 e. The number of urea groups is 1. The number of rotatable bonds is 2. The summed E-state index contributed by atoms with van der Waals surface area (Å²) in [5.74, 6) is 0.848. The number of pyridine rings is 1. The number of amides is 2. The zero-order chi connectivity index (χ0) is 17.9. The smallest absolute Gasteiger partial charge is 0.322 e. The van der Waals surface area contributed by atoms with E-state index in [0.717, 1.165) is 41.2 Å². The molecule has 3 aromatic rings. The van der Waals surface area contributed by atoms with E-state index in [2.05, 4.69) is 25.2 Å². The van der Waals surface area contributed by atoms with E-state index in [1.165, 1.54) is 0 Å². The Balaban J connectivity index is 1.44. The van der Waals surface area contributed by atoms with Gasteiger partial charge in [0.2, 0.25) is 0 Å². The Morgan fingerprint density at radius 1 is 1.08 bits per heavy atom. The molecule has 7 heteroatoms. The normalized spacial score (nSPS) is 14.5. The first kappa shape index (κ1) is 16.3. The number of fused-ring (bicyclic) bond motifs is 1. The van der Waals surface area contributed by atoms with E-state index in [-0.39, 0.29) is 6.03 Å². The summed E-state index contributed by atoms with van der Waals surface area (Å²) in [5, 5.41) is 4.03. The topological polar surface area (TPSA) is 74.2 Å². The first-order valence-corrected chi connectivity index (χ1v) is 8.64. The maximum atomic E-state index is 12.7. The summed E-state index contributed by atoms with van der Waals surface area (Å²) in [5.41, 5.74) is 2.49. The summed E-state index contributed by atoms with van der Waals surface area (Å²) in [6.45, 7) is 4.70. The van der Waals surface area contributed by atoms with E-state index in [1.807, 2.05) is 42.2 Å². The molecule has 1 aliphatic heterocycles. The Kier molecular flexibility index (Phi) is 4.35. The Morgan fingerprint density at radius 2 is 1.92 bits per heavy atom. The first-order chi connectivity index (χ1) is 12.7. The molecule has 132 valence electrons. The number of piperazine rings is 1. The average molecular weight is 348 g/mol. The summed E-state index contributed by atoms with van der Waals surface area (Å²) in [6.07, 6.45) is 5.09. The zero-order valence-corrected chi connectivity index (χ0v) is 14.6. The van der Waals surface area contributed by atoms with Crippen molar-refractivity contribution in [1.82, 2.24) is 19.9 Å². The number of hydrogen-bond acceptors (Lipinski definition) is 5. The summed E-state index contributed by atoms with van der Waals surface area (Å²) in [7, 11) is 0. The van der Waals surface area contributed by atoms with E-state index < -0.39 is 0 Å². The van der Waals surface area contributed by atoms with Crippen LogP contribution in [0.15, 0.2) is 48.9 Å². The number of anilines is 2. The van der Waals surface area contributed by atoms with Gasteiger partial charge in [0.05, 0.1) is 17.4 Å². The summed E-state index contributed by atoms with van der Waals surface area (Å²) < 4.78 is 0. The molecule has 1 aromatic carbocycles. The number of hydrogen-bond donors (Lipinski definition) is 1. The van der Waals surface area contributed by atoms with Crippen LogP contribution in [0.1, 0.15) is 5.69 Å². The van der Waals surface area contributed by atoms with Crippen LogP contribution in [0.5, 0.6) is 0 Å². The number of aryl methyl sites for hydroxylation is 1. The van der Waals surface area contributed by atoms with Gasteiger partial charge < -0.3 is 15.1 Å². The summed E-state index contributed by atoms with van der Waals surface area (Å²) in [4.78, 5) is 29.6. The third kappa shape index (κ3) is 3.28. The van der Waals surface area contributed by atoms with Gasteiger partial charge >= 0.3 is 6.03 Å². The maximum Gasteiger partial charge on any atom is 0.322 e. The number of carbonyl (C=O) groups is 1. The van der Waals surface area contributed by atoms with Crippen molar-refractivity contribution in [1.29, 1.82) is 0 Å². The van der Waals surface area contributed by atoms with Gasteiger partial charge in [0.25, 0.3) is 0 Å². The van der Waals surface area contributed by atoms with Gasteiger partial charge in [0, 0.05) is 49.7 Å². The van der Waals surface area contributed by atoms with Gasteiger partial charge in [-0.15, -0.1) is 0 Å². The first-order valence-electron chi connectivity index (χ1n) is 8.64. The van der Waals surface area contributed by atoms with Crippen LogP contribution in [-0.4, -0.2) is 52.1 Å². The molecule has 1 aliphatic rings. The minimum atomic E-state index is -0.0976. The minimum absolute atomic E-state index is 0.0976. The van der Waals surface area contributed by atoms with Gasteiger partial charge in [-0.2, -0.15) is 0 Å². The summed E-state index contributed by atoms with van der Waals surface area (Å²) >= 11 is 0. The molecular weight excluding hydrogens is 328 g/mol. The van der Waals surface area contributed by atoms with Crippen molar-refractivity contribution in [3.8, 4) is 0 Å². The monoisotopic (exact) mass is 348 g/mol. The Labute approximate surface area is 151 Å². The lowest BCUT2D eigenvalue weighted by Crippen LogP contribution is -2.50. The summed E-state index contributed by atoms with van der Waals surface area (Å²) in [6, 6.07) is 9.72. The van der Waals surface area contributed by atoms with Crippen molar-refractivity contribution >= 4 is 28.4 Å². The molecule has 2 aromatic heterocycles. The standard InChI is InChI=1S/C19H20N6O/c1-14-5-6-15-3-2-4-16(18(15)22-14)23-19(26)25-11-9-24(10-12-25)17-13-20-7-8-21-17/h2-8,13H,9-12H2,1H3,(H,23,26). The molecule has 7 nitrogen and oxygen atoms in total. The molecular formula is C19H20N6O. The highest BCUT2D eigenvalue weighted by molar-refractivity contribution is 5.99. The SMILES string of the molecule is Cc1ccc2cccc(NC(=O)N3CCN(c4cnccn4)CC3)c2n1. The molecule has 0 atom stereocenters. The van der Waals surface area contributed by atoms with Crippen LogP contribution >= 0.6 is 0 Å². The molecule has 26 heavy (non-hydrogen) atoms. The third-order valence-corrected chi connectivity index (χ3v) is 4.54. The molecule has 3 heterocycles. The van der Waals surface area contributed by atoms with Crippen LogP contribution in [0, 0.1) is 6.92 Å². The molecule has 1 N–H and O–H groups in total. The number of nitrogens with one attached hydrogen (secondary N) is 1. The van der Waals surface area contributed by atoms with Gasteiger partial charge in [0.15, 0.2) is 0 Å². The van der Waals surface area contributed by atoms with E-state index in [0.29, 0.717) is 13.1 Å². The fourth-order valence-electron chi connectivity index (χ4n) is 3.13. The van der Waals surface area contributed by atoms with Crippen molar-refractivity contribution in [3.05, 3.63) is 54.6 Å². The number of nitrogens with zero attached hydrogens (tertiary/aromatic N) is 5. The predicted molar refractivity (Wildman–Crippen MR) is 101 cm³/mol. The second-order valence-corrected chi connectivity index (χ2v) is 6.30. The molecule has 0 saturated carbocycles. The molecule has 4 rings (SSSR count). The molecule has 0 unspecified atom stereocenters. The Morgan fingerprint density at radius 3 is 2.69 bits per heavy atom. The number of para-hydroxylation sites is 1. The Bertz CT molecular complexity index is 922. The van der Waals surface area contributed by atoms with Crippen molar-refractivity contribution in [2.24, 2.45) is 0 Å². The number of benzene rings is 1. The molecule has 2 amide bonds. The fraction of sp³-hybridized carbons (Fsp3) is 0.263. The zero-order valence-electron chi connectivity index (χ0n) is 14.6. The third-order valence-electron chi connectivity index (χ3n) is 4.54.